The van der Waals surface area contributed by atoms with E-state index in [-0.39, 0.29) is 4.90 Å². The van der Waals surface area contributed by atoms with Crippen molar-refractivity contribution in [2.24, 2.45) is 0 Å². The van der Waals surface area contributed by atoms with Gasteiger partial charge in [-0.3, -0.25) is 0 Å². The lowest BCUT2D eigenvalue weighted by Gasteiger charge is -2.16. The molecule has 1 aromatic carbocycles. The Morgan fingerprint density at radius 2 is 1.69 bits per heavy atom. The molecule has 1 saturated heterocycles. The van der Waals surface area contributed by atoms with Crippen molar-refractivity contribution in [3.05, 3.63) is 24.3 Å². The Morgan fingerprint density at radius 1 is 1.12 bits per heavy atom. The van der Waals surface area contributed by atoms with Gasteiger partial charge in [0, 0.05) is 18.8 Å². The quantitative estimate of drug-likeness (QED) is 0.758. The number of nitrogen functional groups attached to an aromatic ring is 1. The highest BCUT2D eigenvalue weighted by Crippen LogP contribution is 2.13. The van der Waals surface area contributed by atoms with Gasteiger partial charge in [-0.05, 0) is 37.1 Å². The zero-order valence-corrected chi connectivity index (χ0v) is 9.70. The number of nitrogens with one attached hydrogen (secondary N) is 1. The van der Waals surface area contributed by atoms with E-state index in [4.69, 9.17) is 5.73 Å². The maximum Gasteiger partial charge on any atom is 0.253 e. The van der Waals surface area contributed by atoms with Crippen molar-refractivity contribution in [3.8, 4) is 0 Å². The summed E-state index contributed by atoms with van der Waals surface area (Å²) in [5.74, 6) is 0. The first-order valence-electron chi connectivity index (χ1n) is 5.21. The molecule has 0 aromatic heterocycles. The van der Waals surface area contributed by atoms with Crippen molar-refractivity contribution in [3.63, 3.8) is 0 Å². The maximum atomic E-state index is 11.9. The van der Waals surface area contributed by atoms with Crippen LogP contribution >= 0.6 is 0 Å². The van der Waals surface area contributed by atoms with Crippen molar-refractivity contribution in [2.75, 3.05) is 18.8 Å². The van der Waals surface area contributed by atoms with Crippen LogP contribution in [0.3, 0.4) is 0 Å². The van der Waals surface area contributed by atoms with Crippen LogP contribution in [0.4, 0.5) is 5.69 Å². The number of rotatable bonds is 3. The van der Waals surface area contributed by atoms with Crippen molar-refractivity contribution in [2.45, 2.75) is 17.7 Å². The van der Waals surface area contributed by atoms with Crippen LogP contribution in [0.15, 0.2) is 29.2 Å². The zero-order chi connectivity index (χ0) is 11.6. The smallest absolute Gasteiger partial charge is 0.253 e. The largest absolute Gasteiger partial charge is 0.399 e. The molecule has 0 amide bonds. The molecule has 3 N–H and O–H groups in total. The fourth-order valence-corrected chi connectivity index (χ4v) is 2.80. The number of anilines is 1. The fourth-order valence-electron chi connectivity index (χ4n) is 1.68. The zero-order valence-electron chi connectivity index (χ0n) is 8.89. The molecule has 1 aromatic rings. The van der Waals surface area contributed by atoms with Gasteiger partial charge in [-0.1, -0.05) is 0 Å². The van der Waals surface area contributed by atoms with Crippen molar-refractivity contribution in [1.29, 1.82) is 0 Å². The van der Waals surface area contributed by atoms with Gasteiger partial charge >= 0.3 is 0 Å². The molecule has 0 saturated carbocycles. The molecule has 0 aliphatic carbocycles. The highest BCUT2D eigenvalue weighted by atomic mass is 32.2. The molecule has 0 unspecified atom stereocenters. The molecule has 0 bridgehead atoms. The number of hydrazine groups is 1. The average Bonchev–Trinajstić information content (AvgIpc) is 2.70. The Morgan fingerprint density at radius 3 is 2.25 bits per heavy atom. The predicted octanol–water partition coefficient (Wildman–Crippen LogP) is 0.558. The number of benzene rings is 1. The SMILES string of the molecule is Nc1ccc(S(=O)(=O)NN2CCCC2)cc1. The molecule has 1 aliphatic rings. The van der Waals surface area contributed by atoms with E-state index < -0.39 is 10.0 Å². The lowest BCUT2D eigenvalue weighted by molar-refractivity contribution is 0.300. The van der Waals surface area contributed by atoms with Gasteiger partial charge in [0.1, 0.15) is 0 Å². The molecule has 1 heterocycles. The summed E-state index contributed by atoms with van der Waals surface area (Å²) in [5.41, 5.74) is 6.06. The van der Waals surface area contributed by atoms with Crippen LogP contribution in [0, 0.1) is 0 Å². The van der Waals surface area contributed by atoms with Crippen LogP contribution < -0.4 is 10.6 Å². The molecular formula is C10H15N3O2S. The molecule has 16 heavy (non-hydrogen) atoms. The molecule has 1 aliphatic heterocycles. The monoisotopic (exact) mass is 241 g/mol. The number of nitrogens with two attached hydrogens (primary N) is 1. The first-order valence-corrected chi connectivity index (χ1v) is 6.69. The van der Waals surface area contributed by atoms with Gasteiger partial charge in [-0.2, -0.15) is 0 Å². The van der Waals surface area contributed by atoms with Crippen molar-refractivity contribution < 1.29 is 8.42 Å². The van der Waals surface area contributed by atoms with E-state index in [1.807, 2.05) is 0 Å². The lowest BCUT2D eigenvalue weighted by Crippen LogP contribution is -2.39. The van der Waals surface area contributed by atoms with Gasteiger partial charge in [-0.15, -0.1) is 4.83 Å². The lowest BCUT2D eigenvalue weighted by atomic mass is 10.3. The van der Waals surface area contributed by atoms with Crippen LogP contribution in [0.25, 0.3) is 0 Å². The Balaban J connectivity index is 2.14. The van der Waals surface area contributed by atoms with Gasteiger partial charge in [0.05, 0.1) is 4.90 Å². The fraction of sp³-hybridized carbons (Fsp3) is 0.400. The van der Waals surface area contributed by atoms with E-state index in [1.54, 1.807) is 17.1 Å². The number of hydrogen-bond donors (Lipinski definition) is 2. The van der Waals surface area contributed by atoms with Gasteiger partial charge in [0.25, 0.3) is 10.0 Å². The summed E-state index contributed by atoms with van der Waals surface area (Å²) in [6.45, 7) is 1.54. The first kappa shape index (κ1) is 11.4. The van der Waals surface area contributed by atoms with E-state index in [2.05, 4.69) is 4.83 Å². The third-order valence-corrected chi connectivity index (χ3v) is 3.94. The van der Waals surface area contributed by atoms with Crippen molar-refractivity contribution in [1.82, 2.24) is 9.84 Å². The summed E-state index contributed by atoms with van der Waals surface area (Å²) in [6, 6.07) is 6.18. The third-order valence-electron chi connectivity index (χ3n) is 2.55. The highest BCUT2D eigenvalue weighted by molar-refractivity contribution is 7.89. The molecule has 6 heteroatoms. The summed E-state index contributed by atoms with van der Waals surface area (Å²) in [7, 11) is -3.44. The molecule has 0 atom stereocenters. The van der Waals surface area contributed by atoms with Crippen LogP contribution in [0.5, 0.6) is 0 Å². The normalized spacial score (nSPS) is 17.8. The summed E-state index contributed by atoms with van der Waals surface area (Å²) in [4.78, 5) is 2.80. The summed E-state index contributed by atoms with van der Waals surface area (Å²) < 4.78 is 23.8. The molecule has 5 nitrogen and oxygen atoms in total. The topological polar surface area (TPSA) is 75.4 Å². The molecular weight excluding hydrogens is 226 g/mol. The van der Waals surface area contributed by atoms with E-state index in [1.165, 1.54) is 12.1 Å². The van der Waals surface area contributed by atoms with E-state index in [0.29, 0.717) is 5.69 Å². The molecule has 0 radical (unpaired) electrons. The summed E-state index contributed by atoms with van der Waals surface area (Å²) in [6.07, 6.45) is 2.06. The Kier molecular flexibility index (Phi) is 3.13. The minimum absolute atomic E-state index is 0.244. The van der Waals surface area contributed by atoms with Crippen molar-refractivity contribution >= 4 is 15.7 Å². The molecule has 0 spiro atoms. The second kappa shape index (κ2) is 4.40. The Hall–Kier alpha value is -1.11. The van der Waals surface area contributed by atoms with Crippen LogP contribution in [0.1, 0.15) is 12.8 Å². The highest BCUT2D eigenvalue weighted by Gasteiger charge is 2.20. The van der Waals surface area contributed by atoms with Gasteiger partial charge in [0.2, 0.25) is 0 Å². The number of nitrogens with zero attached hydrogens (tertiary/aromatic N) is 1. The number of sulfonamides is 1. The average molecular weight is 241 g/mol. The third kappa shape index (κ3) is 2.52. The van der Waals surface area contributed by atoms with Crippen LogP contribution in [-0.2, 0) is 10.0 Å². The van der Waals surface area contributed by atoms with E-state index in [9.17, 15) is 8.42 Å². The van der Waals surface area contributed by atoms with E-state index in [0.717, 1.165) is 25.9 Å². The Bertz CT molecular complexity index is 449. The minimum Gasteiger partial charge on any atom is -0.399 e. The van der Waals surface area contributed by atoms with Crippen LogP contribution in [0.2, 0.25) is 0 Å². The summed E-state index contributed by atoms with van der Waals surface area (Å²) in [5, 5.41) is 1.73. The number of hydrogen-bond acceptors (Lipinski definition) is 4. The first-order chi connectivity index (χ1) is 7.58. The molecule has 2 rings (SSSR count). The maximum absolute atomic E-state index is 11.9. The Labute approximate surface area is 95.3 Å². The molecule has 1 fully saturated rings. The van der Waals surface area contributed by atoms with Gasteiger partial charge in [-0.25, -0.2) is 13.4 Å². The van der Waals surface area contributed by atoms with Gasteiger partial charge < -0.3 is 5.73 Å². The van der Waals surface area contributed by atoms with Gasteiger partial charge in [0.15, 0.2) is 0 Å². The van der Waals surface area contributed by atoms with E-state index >= 15 is 0 Å². The summed E-state index contributed by atoms with van der Waals surface area (Å²) >= 11 is 0. The second-order valence-corrected chi connectivity index (χ2v) is 5.52. The van der Waals surface area contributed by atoms with Crippen LogP contribution in [-0.4, -0.2) is 26.5 Å². The molecule has 88 valence electrons. The predicted molar refractivity (Wildman–Crippen MR) is 62.0 cm³/mol. The minimum atomic E-state index is -3.44. The standard InChI is InChI=1S/C10H15N3O2S/c11-9-3-5-10(6-4-9)16(14,15)12-13-7-1-2-8-13/h3-6,12H,1-2,7-8,11H2. The second-order valence-electron chi connectivity index (χ2n) is 3.86.